The SMILES string of the molecule is CC1(C)C(/C=C2\C(=O)C(/C=C3\N(Cc4cccc(B(O)O)c4)c4ccccc4C3(C)C)=C2[O-])=[N+](Cc2cccc(B(O)O)c2)c2ccccc21. The Bertz CT molecular complexity index is 2180. The molecule has 4 aromatic rings. The van der Waals surface area contributed by atoms with Gasteiger partial charge in [-0.25, -0.2) is 0 Å². The van der Waals surface area contributed by atoms with Gasteiger partial charge >= 0.3 is 14.2 Å². The van der Waals surface area contributed by atoms with Crippen molar-refractivity contribution in [1.29, 1.82) is 0 Å². The van der Waals surface area contributed by atoms with Gasteiger partial charge in [0.25, 0.3) is 0 Å². The Balaban J connectivity index is 1.30. The van der Waals surface area contributed by atoms with E-state index in [1.54, 1.807) is 48.6 Å². The number of benzene rings is 4. The van der Waals surface area contributed by atoms with Crippen LogP contribution in [-0.4, -0.2) is 50.4 Å². The molecule has 0 saturated carbocycles. The van der Waals surface area contributed by atoms with E-state index in [0.717, 1.165) is 45.0 Å². The maximum Gasteiger partial charge on any atom is 0.488 e. The van der Waals surface area contributed by atoms with Crippen LogP contribution in [-0.2, 0) is 28.7 Å². The topological polar surface area (TPSA) is 127 Å². The largest absolute Gasteiger partial charge is 0.871 e. The minimum atomic E-state index is -1.59. The van der Waals surface area contributed by atoms with Crippen molar-refractivity contribution < 1.29 is 34.6 Å². The zero-order valence-electron chi connectivity index (χ0n) is 28.5. The lowest BCUT2D eigenvalue weighted by Gasteiger charge is -2.33. The molecule has 7 rings (SSSR count). The number of carbonyl (C=O) groups is 1. The van der Waals surface area contributed by atoms with Crippen LogP contribution in [0.5, 0.6) is 0 Å². The lowest BCUT2D eigenvalue weighted by molar-refractivity contribution is -0.455. The van der Waals surface area contributed by atoms with E-state index in [0.29, 0.717) is 24.0 Å². The summed E-state index contributed by atoms with van der Waals surface area (Å²) in [4.78, 5) is 16.0. The zero-order chi connectivity index (χ0) is 35.5. The number of carbonyl (C=O) groups excluding carboxylic acids is 1. The van der Waals surface area contributed by atoms with Gasteiger partial charge in [-0.15, -0.1) is 0 Å². The first-order valence-electron chi connectivity index (χ1n) is 16.7. The molecule has 4 aromatic carbocycles. The molecule has 0 amide bonds. The molecule has 0 atom stereocenters. The average molecular weight is 664 g/mol. The van der Waals surface area contributed by atoms with Gasteiger partial charge in [0.2, 0.25) is 5.69 Å². The van der Waals surface area contributed by atoms with Crippen LogP contribution >= 0.6 is 0 Å². The number of anilines is 1. The van der Waals surface area contributed by atoms with E-state index < -0.39 is 25.1 Å². The molecule has 1 aliphatic carbocycles. The molecular formula is C40H38B2N2O6. The number of allylic oxidation sites excluding steroid dienone is 5. The quantitative estimate of drug-likeness (QED) is 0.130. The summed E-state index contributed by atoms with van der Waals surface area (Å²) in [5.74, 6) is -0.631. The van der Waals surface area contributed by atoms with Gasteiger partial charge in [-0.2, -0.15) is 4.58 Å². The minimum absolute atomic E-state index is 0.127. The summed E-state index contributed by atoms with van der Waals surface area (Å²) in [6.07, 6.45) is 3.46. The molecule has 0 radical (unpaired) electrons. The summed E-state index contributed by atoms with van der Waals surface area (Å²) in [5.41, 5.74) is 7.35. The van der Waals surface area contributed by atoms with E-state index in [1.165, 1.54) is 0 Å². The standard InChI is InChI=1S/C40H38B2N2O6/c1-39(2)31-15-5-7-17-33(31)43(23-25-11-9-13-27(19-25)41(47)48)35(39)21-29-37(45)30(38(29)46)22-36-40(3,4)32-16-6-8-18-34(32)44(36)24-26-12-10-14-28(20-26)42(49)50/h5-22,47-50H,23-24H2,1-4H3. The van der Waals surface area contributed by atoms with Crippen molar-refractivity contribution >= 4 is 48.0 Å². The summed E-state index contributed by atoms with van der Waals surface area (Å²) in [6.45, 7) is 9.11. The fourth-order valence-electron chi connectivity index (χ4n) is 7.58. The molecule has 2 aliphatic heterocycles. The van der Waals surface area contributed by atoms with Crippen LogP contribution in [0.25, 0.3) is 0 Å². The van der Waals surface area contributed by atoms with Crippen LogP contribution in [0.3, 0.4) is 0 Å². The third-order valence-corrected chi connectivity index (χ3v) is 10.3. The smallest absolute Gasteiger partial charge is 0.488 e. The zero-order valence-corrected chi connectivity index (χ0v) is 28.5. The molecule has 4 N–H and O–H groups in total. The van der Waals surface area contributed by atoms with Gasteiger partial charge in [0.05, 0.1) is 5.41 Å². The Morgan fingerprint density at radius 3 is 2.00 bits per heavy atom. The van der Waals surface area contributed by atoms with E-state index in [1.807, 2.05) is 48.5 Å². The van der Waals surface area contributed by atoms with Crippen LogP contribution in [0.4, 0.5) is 11.4 Å². The fraction of sp³-hybridized carbons (Fsp3) is 0.200. The fourth-order valence-corrected chi connectivity index (χ4v) is 7.58. The second-order valence-electron chi connectivity index (χ2n) is 14.2. The number of ketones is 1. The molecule has 50 heavy (non-hydrogen) atoms. The highest BCUT2D eigenvalue weighted by Gasteiger charge is 2.46. The first-order valence-corrected chi connectivity index (χ1v) is 16.7. The van der Waals surface area contributed by atoms with E-state index in [9.17, 15) is 30.0 Å². The minimum Gasteiger partial charge on any atom is -0.871 e. The van der Waals surface area contributed by atoms with Gasteiger partial charge < -0.3 is 30.1 Å². The monoisotopic (exact) mass is 664 g/mol. The van der Waals surface area contributed by atoms with Crippen molar-refractivity contribution in [2.24, 2.45) is 0 Å². The normalized spacial score (nSPS) is 18.9. The molecular weight excluding hydrogens is 626 g/mol. The number of para-hydroxylation sites is 2. The van der Waals surface area contributed by atoms with Gasteiger partial charge in [0, 0.05) is 57.8 Å². The Hall–Kier alpha value is -4.99. The highest BCUT2D eigenvalue weighted by molar-refractivity contribution is 6.59. The predicted molar refractivity (Wildman–Crippen MR) is 194 cm³/mol. The van der Waals surface area contributed by atoms with Crippen LogP contribution in [0, 0.1) is 0 Å². The summed E-state index contributed by atoms with van der Waals surface area (Å²) >= 11 is 0. The molecule has 0 unspecified atom stereocenters. The predicted octanol–water partition coefficient (Wildman–Crippen LogP) is 2.63. The van der Waals surface area contributed by atoms with E-state index in [2.05, 4.69) is 49.3 Å². The summed E-state index contributed by atoms with van der Waals surface area (Å²) in [5, 5.41) is 53.0. The Morgan fingerprint density at radius 1 is 0.740 bits per heavy atom. The van der Waals surface area contributed by atoms with Crippen molar-refractivity contribution in [2.45, 2.75) is 51.6 Å². The Labute approximate surface area is 292 Å². The number of hydrogen-bond acceptors (Lipinski definition) is 7. The molecule has 0 aromatic heterocycles. The molecule has 10 heteroatoms. The van der Waals surface area contributed by atoms with Gasteiger partial charge in [-0.05, 0) is 48.0 Å². The van der Waals surface area contributed by atoms with Crippen LogP contribution in [0.2, 0.25) is 0 Å². The number of nitrogens with zero attached hydrogens (tertiary/aromatic N) is 2. The average Bonchev–Trinajstić information content (AvgIpc) is 3.44. The molecule has 250 valence electrons. The molecule has 8 nitrogen and oxygen atoms in total. The van der Waals surface area contributed by atoms with Crippen molar-refractivity contribution in [3.63, 3.8) is 0 Å². The number of hydrogen-bond donors (Lipinski definition) is 4. The lowest BCUT2D eigenvalue weighted by atomic mass is 9.77. The second-order valence-corrected chi connectivity index (χ2v) is 14.2. The van der Waals surface area contributed by atoms with Crippen molar-refractivity contribution in [2.75, 3.05) is 4.90 Å². The summed E-state index contributed by atoms with van der Waals surface area (Å²) < 4.78 is 2.10. The highest BCUT2D eigenvalue weighted by Crippen LogP contribution is 2.49. The number of fused-ring (bicyclic) bond motifs is 2. The molecule has 0 fully saturated rings. The maximum absolute atomic E-state index is 14.0. The van der Waals surface area contributed by atoms with Crippen LogP contribution < -0.4 is 20.9 Å². The second kappa shape index (κ2) is 12.4. The summed E-state index contributed by atoms with van der Waals surface area (Å²) in [6, 6.07) is 30.2. The van der Waals surface area contributed by atoms with Gasteiger partial charge in [-0.1, -0.05) is 105 Å². The molecule has 0 spiro atoms. The van der Waals surface area contributed by atoms with Gasteiger partial charge in [0.15, 0.2) is 18.0 Å². The maximum atomic E-state index is 14.0. The summed E-state index contributed by atoms with van der Waals surface area (Å²) in [7, 11) is -3.19. The molecule has 3 aliphatic rings. The van der Waals surface area contributed by atoms with Crippen molar-refractivity contribution in [3.8, 4) is 0 Å². The van der Waals surface area contributed by atoms with Crippen LogP contribution in [0.15, 0.2) is 132 Å². The molecule has 0 saturated heterocycles. The van der Waals surface area contributed by atoms with E-state index in [4.69, 9.17) is 0 Å². The highest BCUT2D eigenvalue weighted by atomic mass is 16.4. The van der Waals surface area contributed by atoms with E-state index >= 15 is 0 Å². The number of rotatable bonds is 8. The van der Waals surface area contributed by atoms with Gasteiger partial charge in [0.1, 0.15) is 0 Å². The Morgan fingerprint density at radius 2 is 1.34 bits per heavy atom. The molecule has 2 heterocycles. The van der Waals surface area contributed by atoms with E-state index in [-0.39, 0.29) is 22.7 Å². The first kappa shape index (κ1) is 33.5. The molecule has 0 bridgehead atoms. The van der Waals surface area contributed by atoms with Crippen molar-refractivity contribution in [1.82, 2.24) is 0 Å². The van der Waals surface area contributed by atoms with Crippen LogP contribution in [0.1, 0.15) is 49.9 Å². The first-order chi connectivity index (χ1) is 23.8. The third-order valence-electron chi connectivity index (χ3n) is 10.3. The van der Waals surface area contributed by atoms with Gasteiger partial charge in [-0.3, -0.25) is 4.79 Å². The number of Topliss-reactive ketones (excluding diaryl/α,β-unsaturated/α-hetero) is 1. The van der Waals surface area contributed by atoms with Crippen molar-refractivity contribution in [3.05, 3.63) is 154 Å². The Kier molecular flexibility index (Phi) is 8.31. The third kappa shape index (κ3) is 5.54. The lowest BCUT2D eigenvalue weighted by Crippen LogP contribution is -2.35.